The Morgan fingerprint density at radius 2 is 1.73 bits per heavy atom. The van der Waals surface area contributed by atoms with Gasteiger partial charge in [0.05, 0.1) is 17.0 Å². The predicted molar refractivity (Wildman–Crippen MR) is 150 cm³/mol. The van der Waals surface area contributed by atoms with E-state index in [2.05, 4.69) is 15.5 Å². The SMILES string of the molecule is NS(=O)(=O)c1ccc(NC(=S)N=Nc2c(O)n(Cc3cccc4ccccc34)c3cc(Cl)ccc23)cc1. The maximum atomic E-state index is 11.4. The van der Waals surface area contributed by atoms with Gasteiger partial charge in [-0.15, -0.1) is 10.2 Å². The molecule has 0 unspecified atom stereocenters. The largest absolute Gasteiger partial charge is 0.493 e. The number of halogens is 1. The number of primary sulfonamides is 1. The lowest BCUT2D eigenvalue weighted by molar-refractivity contribution is 0.430. The molecule has 5 aromatic rings. The fourth-order valence-electron chi connectivity index (χ4n) is 4.12. The second-order valence-electron chi connectivity index (χ2n) is 8.26. The first-order valence-corrected chi connectivity index (χ1v) is 13.4. The first kappa shape index (κ1) is 24.8. The minimum Gasteiger partial charge on any atom is -0.493 e. The molecule has 0 saturated heterocycles. The van der Waals surface area contributed by atoms with Crippen LogP contribution in [-0.2, 0) is 16.6 Å². The highest BCUT2D eigenvalue weighted by Gasteiger charge is 2.18. The predicted octanol–water partition coefficient (Wildman–Crippen LogP) is 6.33. The third-order valence-corrected chi connectivity index (χ3v) is 7.20. The van der Waals surface area contributed by atoms with Crippen molar-refractivity contribution >= 4 is 72.0 Å². The van der Waals surface area contributed by atoms with Gasteiger partial charge in [0.1, 0.15) is 0 Å². The lowest BCUT2D eigenvalue weighted by Gasteiger charge is -2.10. The van der Waals surface area contributed by atoms with Gasteiger partial charge in [0, 0.05) is 16.1 Å². The molecule has 0 radical (unpaired) electrons. The van der Waals surface area contributed by atoms with Crippen molar-refractivity contribution in [1.29, 1.82) is 0 Å². The lowest BCUT2D eigenvalue weighted by atomic mass is 10.0. The van der Waals surface area contributed by atoms with E-state index in [-0.39, 0.29) is 21.6 Å². The summed E-state index contributed by atoms with van der Waals surface area (Å²) >= 11 is 11.6. The number of nitrogens with two attached hydrogens (primary N) is 1. The zero-order valence-electron chi connectivity index (χ0n) is 19.2. The van der Waals surface area contributed by atoms with Crippen molar-refractivity contribution in [3.8, 4) is 5.88 Å². The number of fused-ring (bicyclic) bond motifs is 2. The van der Waals surface area contributed by atoms with Crippen LogP contribution < -0.4 is 10.5 Å². The van der Waals surface area contributed by atoms with Crippen molar-refractivity contribution in [1.82, 2.24) is 4.57 Å². The van der Waals surface area contributed by atoms with E-state index in [1.54, 1.807) is 22.8 Å². The highest BCUT2D eigenvalue weighted by molar-refractivity contribution is 7.89. The number of sulfonamides is 1. The molecule has 1 aromatic heterocycles. The second-order valence-corrected chi connectivity index (χ2v) is 10.6. The number of thiocarbonyl (C=S) groups is 1. The van der Waals surface area contributed by atoms with Gasteiger partial charge >= 0.3 is 0 Å². The number of benzene rings is 4. The Bertz CT molecular complexity index is 1790. The van der Waals surface area contributed by atoms with Crippen LogP contribution in [0.15, 0.2) is 100 Å². The molecule has 0 aliphatic carbocycles. The van der Waals surface area contributed by atoms with Crippen molar-refractivity contribution in [2.75, 3.05) is 5.32 Å². The number of aromatic nitrogens is 1. The quantitative estimate of drug-likeness (QED) is 0.175. The van der Waals surface area contributed by atoms with E-state index in [4.69, 9.17) is 29.0 Å². The van der Waals surface area contributed by atoms with Crippen molar-refractivity contribution < 1.29 is 13.5 Å². The molecule has 37 heavy (non-hydrogen) atoms. The second kappa shape index (κ2) is 9.91. The summed E-state index contributed by atoms with van der Waals surface area (Å²) in [5.41, 5.74) is 2.48. The zero-order valence-corrected chi connectivity index (χ0v) is 21.6. The summed E-state index contributed by atoms with van der Waals surface area (Å²) in [4.78, 5) is -0.0202. The van der Waals surface area contributed by atoms with Gasteiger partial charge in [0.15, 0.2) is 5.69 Å². The summed E-state index contributed by atoms with van der Waals surface area (Å²) < 4.78 is 24.6. The van der Waals surface area contributed by atoms with Crippen LogP contribution >= 0.6 is 23.8 Å². The van der Waals surface area contributed by atoms with Crippen LogP contribution in [0.25, 0.3) is 21.7 Å². The van der Waals surface area contributed by atoms with E-state index in [9.17, 15) is 13.5 Å². The summed E-state index contributed by atoms with van der Waals surface area (Å²) in [6, 6.07) is 25.1. The van der Waals surface area contributed by atoms with Crippen LogP contribution in [0.3, 0.4) is 0 Å². The Hall–Kier alpha value is -3.83. The summed E-state index contributed by atoms with van der Waals surface area (Å²) in [7, 11) is -3.80. The topological polar surface area (TPSA) is 122 Å². The van der Waals surface area contributed by atoms with E-state index in [1.807, 2.05) is 42.5 Å². The van der Waals surface area contributed by atoms with Crippen LogP contribution in [0.1, 0.15) is 5.56 Å². The van der Waals surface area contributed by atoms with Crippen LogP contribution in [-0.4, -0.2) is 23.2 Å². The third kappa shape index (κ3) is 5.18. The van der Waals surface area contributed by atoms with Crippen molar-refractivity contribution in [2.45, 2.75) is 11.4 Å². The van der Waals surface area contributed by atoms with E-state index >= 15 is 0 Å². The molecule has 0 amide bonds. The summed E-state index contributed by atoms with van der Waals surface area (Å²) in [6.07, 6.45) is 0. The van der Waals surface area contributed by atoms with E-state index in [0.717, 1.165) is 16.3 Å². The van der Waals surface area contributed by atoms with Gasteiger partial charge in [-0.3, -0.25) is 0 Å². The van der Waals surface area contributed by atoms with Gasteiger partial charge in [0.2, 0.25) is 21.0 Å². The molecule has 186 valence electrons. The number of rotatable bonds is 5. The number of nitrogens with one attached hydrogen (secondary N) is 1. The van der Waals surface area contributed by atoms with E-state index in [0.29, 0.717) is 28.2 Å². The molecule has 0 aliphatic rings. The molecule has 0 bridgehead atoms. The van der Waals surface area contributed by atoms with Gasteiger partial charge in [-0.1, -0.05) is 54.1 Å². The number of azo groups is 1. The van der Waals surface area contributed by atoms with Crippen LogP contribution in [0.4, 0.5) is 11.4 Å². The molecule has 4 aromatic carbocycles. The Balaban J connectivity index is 1.47. The molecule has 5 rings (SSSR count). The number of hydrogen-bond donors (Lipinski definition) is 3. The molecular formula is C26H20ClN5O3S2. The van der Waals surface area contributed by atoms with Crippen LogP contribution in [0, 0.1) is 0 Å². The molecule has 0 aliphatic heterocycles. The highest BCUT2D eigenvalue weighted by Crippen LogP contribution is 2.40. The van der Waals surface area contributed by atoms with E-state index in [1.165, 1.54) is 24.3 Å². The first-order chi connectivity index (χ1) is 17.7. The molecule has 8 nitrogen and oxygen atoms in total. The minimum absolute atomic E-state index is 0.0201. The lowest BCUT2D eigenvalue weighted by Crippen LogP contribution is -2.12. The van der Waals surface area contributed by atoms with Gasteiger partial charge in [-0.2, -0.15) is 0 Å². The van der Waals surface area contributed by atoms with Gasteiger partial charge < -0.3 is 15.0 Å². The van der Waals surface area contributed by atoms with Gasteiger partial charge in [0.25, 0.3) is 0 Å². The van der Waals surface area contributed by atoms with Gasteiger partial charge in [-0.25, -0.2) is 13.6 Å². The van der Waals surface area contributed by atoms with Crippen molar-refractivity contribution in [3.63, 3.8) is 0 Å². The van der Waals surface area contributed by atoms with Crippen LogP contribution in [0.5, 0.6) is 5.88 Å². The number of anilines is 1. The average Bonchev–Trinajstić information content (AvgIpc) is 3.12. The average molecular weight is 550 g/mol. The standard InChI is InChI=1S/C26H20ClN5O3S2/c27-18-8-13-22-23(14-18)32(15-17-6-3-5-16-4-1-2-7-21(16)17)25(33)24(22)30-31-26(36)29-19-9-11-20(12-10-19)37(28,34)35/h1-14,33H,15H2,(H,29,36)(H2,28,34,35). The maximum Gasteiger partial charge on any atom is 0.238 e. The molecule has 4 N–H and O–H groups in total. The van der Waals surface area contributed by atoms with E-state index < -0.39 is 10.0 Å². The fourth-order valence-corrected chi connectivity index (χ4v) is 4.96. The van der Waals surface area contributed by atoms with Crippen molar-refractivity contribution in [3.05, 3.63) is 95.5 Å². The minimum atomic E-state index is -3.80. The van der Waals surface area contributed by atoms with Crippen molar-refractivity contribution in [2.24, 2.45) is 15.4 Å². The molecule has 0 atom stereocenters. The Morgan fingerprint density at radius 3 is 2.49 bits per heavy atom. The molecular weight excluding hydrogens is 530 g/mol. The highest BCUT2D eigenvalue weighted by atomic mass is 35.5. The smallest absolute Gasteiger partial charge is 0.238 e. The summed E-state index contributed by atoms with van der Waals surface area (Å²) in [5, 5.41) is 30.8. The molecule has 0 fully saturated rings. The first-order valence-electron chi connectivity index (χ1n) is 11.0. The third-order valence-electron chi connectivity index (χ3n) is 5.86. The number of aromatic hydroxyl groups is 1. The number of hydrogen-bond acceptors (Lipinski definition) is 5. The Labute approximate surface area is 223 Å². The molecule has 0 saturated carbocycles. The fraction of sp³-hybridized carbons (Fsp3) is 0.0385. The normalized spacial score (nSPS) is 11.9. The summed E-state index contributed by atoms with van der Waals surface area (Å²) in [5.74, 6) is -0.0748. The molecule has 11 heteroatoms. The van der Waals surface area contributed by atoms with Gasteiger partial charge in [-0.05, 0) is 71.0 Å². The maximum absolute atomic E-state index is 11.4. The molecule has 0 spiro atoms. The number of nitrogens with zero attached hydrogens (tertiary/aromatic N) is 3. The Kier molecular flexibility index (Phi) is 6.65. The monoisotopic (exact) mass is 549 g/mol. The zero-order chi connectivity index (χ0) is 26.2. The van der Waals surface area contributed by atoms with Crippen LogP contribution in [0.2, 0.25) is 5.02 Å². The Morgan fingerprint density at radius 1 is 1.00 bits per heavy atom. The summed E-state index contributed by atoms with van der Waals surface area (Å²) in [6.45, 7) is 0.388. The molecule has 1 heterocycles.